The van der Waals surface area contributed by atoms with Crippen molar-refractivity contribution in [3.63, 3.8) is 0 Å². The fraction of sp³-hybridized carbons (Fsp3) is 0.300. The second-order valence-corrected chi connectivity index (χ2v) is 10.3. The molecule has 2 unspecified atom stereocenters. The second kappa shape index (κ2) is 12.7. The number of nitrogens with zero attached hydrogens (tertiary/aromatic N) is 3. The van der Waals surface area contributed by atoms with Crippen LogP contribution in [0.4, 0.5) is 11.5 Å². The van der Waals surface area contributed by atoms with Crippen LogP contribution in [0.25, 0.3) is 10.9 Å². The van der Waals surface area contributed by atoms with Gasteiger partial charge < -0.3 is 24.4 Å². The molecule has 1 saturated heterocycles. The number of aromatic nitrogens is 2. The molecule has 1 aliphatic heterocycles. The van der Waals surface area contributed by atoms with Crippen molar-refractivity contribution < 1.29 is 19.0 Å². The quantitative estimate of drug-likeness (QED) is 0.242. The smallest absolute Gasteiger partial charge is 0.230 e. The van der Waals surface area contributed by atoms with E-state index in [0.29, 0.717) is 52.6 Å². The molecule has 3 aromatic carbocycles. The van der Waals surface area contributed by atoms with E-state index in [9.17, 15) is 4.79 Å². The average molecular weight is 582 g/mol. The summed E-state index contributed by atoms with van der Waals surface area (Å²) in [4.78, 5) is 24.1. The number of benzene rings is 3. The molecule has 1 N–H and O–H groups in total. The van der Waals surface area contributed by atoms with Crippen molar-refractivity contribution in [3.8, 4) is 11.5 Å². The summed E-state index contributed by atoms with van der Waals surface area (Å²) < 4.78 is 17.7. The SMILES string of the molecule is CCC(C(=O)N1CCOC(COc2cc3ncnc(Nc4ccc(Cl)c(Cl)c4)c3cc2OC)C1)c1ccccc1. The Kier molecular flexibility index (Phi) is 8.89. The number of nitrogens with one attached hydrogen (secondary N) is 1. The normalized spacial score (nSPS) is 16.0. The maximum absolute atomic E-state index is 13.4. The number of hydrogen-bond donors (Lipinski definition) is 1. The van der Waals surface area contributed by atoms with Crippen LogP contribution in [0.2, 0.25) is 10.0 Å². The lowest BCUT2D eigenvalue weighted by molar-refractivity contribution is -0.141. The highest BCUT2D eigenvalue weighted by Crippen LogP contribution is 2.36. The van der Waals surface area contributed by atoms with Gasteiger partial charge in [0.2, 0.25) is 5.91 Å². The molecule has 2 heterocycles. The molecule has 10 heteroatoms. The molecular formula is C30H30Cl2N4O4. The van der Waals surface area contributed by atoms with Gasteiger partial charge in [-0.15, -0.1) is 0 Å². The number of morpholine rings is 1. The number of ether oxygens (including phenoxy) is 3. The number of fused-ring (bicyclic) bond motifs is 1. The third-order valence-electron chi connectivity index (χ3n) is 6.89. The molecule has 0 saturated carbocycles. The minimum absolute atomic E-state index is 0.115. The van der Waals surface area contributed by atoms with E-state index in [1.165, 1.54) is 6.33 Å². The predicted octanol–water partition coefficient (Wildman–Crippen LogP) is 6.49. The van der Waals surface area contributed by atoms with Crippen molar-refractivity contribution in [1.29, 1.82) is 0 Å². The van der Waals surface area contributed by atoms with Crippen LogP contribution in [0.1, 0.15) is 24.8 Å². The number of hydrogen-bond acceptors (Lipinski definition) is 7. The Morgan fingerprint density at radius 2 is 1.93 bits per heavy atom. The highest BCUT2D eigenvalue weighted by atomic mass is 35.5. The maximum atomic E-state index is 13.4. The van der Waals surface area contributed by atoms with E-state index in [0.717, 1.165) is 23.1 Å². The number of halogens is 2. The minimum atomic E-state index is -0.274. The third-order valence-corrected chi connectivity index (χ3v) is 7.63. The number of rotatable bonds is 9. The van der Waals surface area contributed by atoms with Gasteiger partial charge in [0.1, 0.15) is 24.9 Å². The van der Waals surface area contributed by atoms with Gasteiger partial charge in [0.15, 0.2) is 11.5 Å². The molecule has 40 heavy (non-hydrogen) atoms. The van der Waals surface area contributed by atoms with Gasteiger partial charge in [0, 0.05) is 23.7 Å². The van der Waals surface area contributed by atoms with E-state index < -0.39 is 0 Å². The number of methoxy groups -OCH3 is 1. The Balaban J connectivity index is 1.29. The number of carbonyl (C=O) groups excluding carboxylic acids is 1. The fourth-order valence-electron chi connectivity index (χ4n) is 4.81. The van der Waals surface area contributed by atoms with Gasteiger partial charge in [-0.05, 0) is 36.2 Å². The van der Waals surface area contributed by atoms with Crippen molar-refractivity contribution in [2.75, 3.05) is 38.7 Å². The third kappa shape index (κ3) is 6.25. The summed E-state index contributed by atoms with van der Waals surface area (Å²) >= 11 is 12.2. The lowest BCUT2D eigenvalue weighted by atomic mass is 9.94. The summed E-state index contributed by atoms with van der Waals surface area (Å²) in [7, 11) is 1.58. The Labute approximate surface area is 243 Å². The Hall–Kier alpha value is -3.59. The van der Waals surface area contributed by atoms with Gasteiger partial charge in [0.05, 0.1) is 41.7 Å². The van der Waals surface area contributed by atoms with Crippen molar-refractivity contribution in [2.24, 2.45) is 0 Å². The Morgan fingerprint density at radius 3 is 2.67 bits per heavy atom. The summed E-state index contributed by atoms with van der Waals surface area (Å²) in [5, 5.41) is 4.92. The lowest BCUT2D eigenvalue weighted by Crippen LogP contribution is -2.49. The maximum Gasteiger partial charge on any atom is 0.230 e. The molecule has 1 aliphatic rings. The first-order valence-electron chi connectivity index (χ1n) is 13.1. The Morgan fingerprint density at radius 1 is 1.10 bits per heavy atom. The number of amides is 1. The van der Waals surface area contributed by atoms with Gasteiger partial charge in [-0.25, -0.2) is 9.97 Å². The summed E-state index contributed by atoms with van der Waals surface area (Å²) in [5.74, 6) is 1.58. The molecule has 1 fully saturated rings. The summed E-state index contributed by atoms with van der Waals surface area (Å²) in [6, 6.07) is 18.8. The summed E-state index contributed by atoms with van der Waals surface area (Å²) in [5.41, 5.74) is 2.44. The second-order valence-electron chi connectivity index (χ2n) is 9.46. The molecule has 208 valence electrons. The minimum Gasteiger partial charge on any atom is -0.493 e. The first-order valence-corrected chi connectivity index (χ1v) is 13.8. The molecule has 0 aliphatic carbocycles. The standard InChI is InChI=1S/C30H30Cl2N4O4/c1-3-22(19-7-5-4-6-8-19)30(37)36-11-12-39-21(16-36)17-40-28-15-26-23(14-27(28)38-2)29(34-18-33-26)35-20-9-10-24(31)25(32)13-20/h4-10,13-15,18,21-22H,3,11-12,16-17H2,1-2H3,(H,33,34,35). The predicted molar refractivity (Wildman–Crippen MR) is 157 cm³/mol. The molecule has 5 rings (SSSR count). The number of anilines is 2. The van der Waals surface area contributed by atoms with Crippen molar-refractivity contribution in [1.82, 2.24) is 14.9 Å². The van der Waals surface area contributed by atoms with Crippen molar-refractivity contribution >= 4 is 51.5 Å². The van der Waals surface area contributed by atoms with Crippen LogP contribution in [0.15, 0.2) is 67.0 Å². The zero-order valence-corrected chi connectivity index (χ0v) is 23.8. The highest BCUT2D eigenvalue weighted by molar-refractivity contribution is 6.42. The van der Waals surface area contributed by atoms with E-state index in [4.69, 9.17) is 37.4 Å². The van der Waals surface area contributed by atoms with Crippen molar-refractivity contribution in [2.45, 2.75) is 25.4 Å². The van der Waals surface area contributed by atoms with Gasteiger partial charge >= 0.3 is 0 Å². The molecule has 0 radical (unpaired) electrons. The van der Waals surface area contributed by atoms with Crippen LogP contribution >= 0.6 is 23.2 Å². The topological polar surface area (TPSA) is 85.8 Å². The van der Waals surface area contributed by atoms with E-state index >= 15 is 0 Å². The average Bonchev–Trinajstić information content (AvgIpc) is 2.98. The largest absolute Gasteiger partial charge is 0.493 e. The first-order chi connectivity index (χ1) is 19.5. The van der Waals surface area contributed by atoms with E-state index in [2.05, 4.69) is 15.3 Å². The van der Waals surface area contributed by atoms with Gasteiger partial charge in [-0.1, -0.05) is 60.5 Å². The highest BCUT2D eigenvalue weighted by Gasteiger charge is 2.30. The van der Waals surface area contributed by atoms with Gasteiger partial charge in [-0.3, -0.25) is 4.79 Å². The van der Waals surface area contributed by atoms with Crippen LogP contribution < -0.4 is 14.8 Å². The fourth-order valence-corrected chi connectivity index (χ4v) is 5.11. The summed E-state index contributed by atoms with van der Waals surface area (Å²) in [6.45, 7) is 3.77. The molecule has 2 atom stereocenters. The zero-order valence-electron chi connectivity index (χ0n) is 22.3. The molecule has 8 nitrogen and oxygen atoms in total. The van der Waals surface area contributed by atoms with Crippen LogP contribution in [0, 0.1) is 0 Å². The van der Waals surface area contributed by atoms with E-state index in [-0.39, 0.29) is 24.5 Å². The van der Waals surface area contributed by atoms with Gasteiger partial charge in [-0.2, -0.15) is 0 Å². The van der Waals surface area contributed by atoms with Crippen molar-refractivity contribution in [3.05, 3.63) is 82.6 Å². The molecule has 1 aromatic heterocycles. The van der Waals surface area contributed by atoms with Crippen LogP contribution in [0.3, 0.4) is 0 Å². The summed E-state index contributed by atoms with van der Waals surface area (Å²) in [6.07, 6.45) is 1.94. The monoisotopic (exact) mass is 580 g/mol. The van der Waals surface area contributed by atoms with Crippen LogP contribution in [0.5, 0.6) is 11.5 Å². The molecule has 1 amide bonds. The molecule has 4 aromatic rings. The first kappa shape index (κ1) is 28.0. The molecule has 0 bridgehead atoms. The lowest BCUT2D eigenvalue weighted by Gasteiger charge is -2.35. The van der Waals surface area contributed by atoms with Crippen LogP contribution in [-0.2, 0) is 9.53 Å². The van der Waals surface area contributed by atoms with Crippen LogP contribution in [-0.4, -0.2) is 60.3 Å². The molecule has 0 spiro atoms. The number of carbonyl (C=O) groups is 1. The van der Waals surface area contributed by atoms with Gasteiger partial charge in [0.25, 0.3) is 0 Å². The van der Waals surface area contributed by atoms with E-state index in [1.807, 2.05) is 60.4 Å². The zero-order chi connectivity index (χ0) is 28.1. The molecular weight excluding hydrogens is 551 g/mol. The van der Waals surface area contributed by atoms with E-state index in [1.54, 1.807) is 19.2 Å². The Bertz CT molecular complexity index is 1490.